The molecule has 0 radical (unpaired) electrons. The molecule has 1 aromatic carbocycles. The van der Waals surface area contributed by atoms with Gasteiger partial charge >= 0.3 is 0 Å². The number of carbonyl (C=O) groups is 1. The van der Waals surface area contributed by atoms with Gasteiger partial charge in [-0.15, -0.1) is 0 Å². The number of amides is 1. The lowest BCUT2D eigenvalue weighted by molar-refractivity contribution is 0.0934. The standard InChI is InChI=1S/C14H22N2O2/c1-4-18-12-8-6-5-7-11(12)13(17)16-10-14(2,3)9-15/h5-8H,4,9-10,15H2,1-3H3,(H,16,17). The molecule has 0 aromatic heterocycles. The molecule has 0 bridgehead atoms. The summed E-state index contributed by atoms with van der Waals surface area (Å²) in [6.45, 7) is 7.54. The van der Waals surface area contributed by atoms with Crippen molar-refractivity contribution in [3.63, 3.8) is 0 Å². The van der Waals surface area contributed by atoms with E-state index in [1.807, 2.05) is 32.9 Å². The second kappa shape index (κ2) is 6.40. The van der Waals surface area contributed by atoms with Gasteiger partial charge < -0.3 is 15.8 Å². The van der Waals surface area contributed by atoms with Crippen LogP contribution in [0.25, 0.3) is 0 Å². The van der Waals surface area contributed by atoms with Crippen LogP contribution < -0.4 is 15.8 Å². The quantitative estimate of drug-likeness (QED) is 0.809. The van der Waals surface area contributed by atoms with Crippen LogP contribution in [0.5, 0.6) is 5.75 Å². The van der Waals surface area contributed by atoms with E-state index in [9.17, 15) is 4.79 Å². The molecule has 0 aliphatic carbocycles. The molecule has 0 heterocycles. The average Bonchev–Trinajstić information content (AvgIpc) is 2.37. The lowest BCUT2D eigenvalue weighted by Gasteiger charge is -2.22. The first-order valence-electron chi connectivity index (χ1n) is 6.20. The Hall–Kier alpha value is -1.55. The lowest BCUT2D eigenvalue weighted by Crippen LogP contribution is -2.38. The Morgan fingerprint density at radius 1 is 1.39 bits per heavy atom. The van der Waals surface area contributed by atoms with Crippen molar-refractivity contribution in [2.24, 2.45) is 11.1 Å². The summed E-state index contributed by atoms with van der Waals surface area (Å²) in [5.74, 6) is 0.489. The minimum absolute atomic E-state index is 0.101. The summed E-state index contributed by atoms with van der Waals surface area (Å²) in [5.41, 5.74) is 6.09. The van der Waals surface area contributed by atoms with E-state index in [1.165, 1.54) is 0 Å². The van der Waals surface area contributed by atoms with Gasteiger partial charge in [0, 0.05) is 6.54 Å². The topological polar surface area (TPSA) is 64.3 Å². The number of hydrogen-bond donors (Lipinski definition) is 2. The van der Waals surface area contributed by atoms with Gasteiger partial charge in [0.05, 0.1) is 12.2 Å². The summed E-state index contributed by atoms with van der Waals surface area (Å²) in [6.07, 6.45) is 0. The molecule has 4 nitrogen and oxygen atoms in total. The fourth-order valence-corrected chi connectivity index (χ4v) is 1.42. The Morgan fingerprint density at radius 3 is 2.67 bits per heavy atom. The molecule has 0 unspecified atom stereocenters. The first kappa shape index (κ1) is 14.5. The summed E-state index contributed by atoms with van der Waals surface area (Å²) in [5, 5.41) is 2.89. The van der Waals surface area contributed by atoms with E-state index in [0.717, 1.165) is 0 Å². The van der Waals surface area contributed by atoms with E-state index in [-0.39, 0.29) is 11.3 Å². The predicted octanol–water partition coefficient (Wildman–Crippen LogP) is 1.80. The first-order valence-corrected chi connectivity index (χ1v) is 6.20. The highest BCUT2D eigenvalue weighted by Gasteiger charge is 2.18. The summed E-state index contributed by atoms with van der Waals surface area (Å²) in [4.78, 5) is 12.1. The van der Waals surface area contributed by atoms with Crippen molar-refractivity contribution in [1.29, 1.82) is 0 Å². The van der Waals surface area contributed by atoms with Crippen molar-refractivity contribution >= 4 is 5.91 Å². The van der Waals surface area contributed by atoms with E-state index < -0.39 is 0 Å². The van der Waals surface area contributed by atoms with Crippen LogP contribution in [0.1, 0.15) is 31.1 Å². The molecular weight excluding hydrogens is 228 g/mol. The number of ether oxygens (including phenoxy) is 1. The number of nitrogens with two attached hydrogens (primary N) is 1. The van der Waals surface area contributed by atoms with Crippen molar-refractivity contribution < 1.29 is 9.53 Å². The third-order valence-corrected chi connectivity index (χ3v) is 2.71. The molecule has 1 rings (SSSR count). The minimum atomic E-state index is -0.124. The van der Waals surface area contributed by atoms with Crippen LogP contribution in [-0.2, 0) is 0 Å². The highest BCUT2D eigenvalue weighted by molar-refractivity contribution is 5.96. The van der Waals surface area contributed by atoms with Gasteiger partial charge in [0.1, 0.15) is 5.75 Å². The zero-order valence-electron chi connectivity index (χ0n) is 11.3. The van der Waals surface area contributed by atoms with E-state index in [4.69, 9.17) is 10.5 Å². The highest BCUT2D eigenvalue weighted by Crippen LogP contribution is 2.18. The smallest absolute Gasteiger partial charge is 0.255 e. The molecule has 4 heteroatoms. The summed E-state index contributed by atoms with van der Waals surface area (Å²) in [7, 11) is 0. The van der Waals surface area contributed by atoms with Gasteiger partial charge in [0.15, 0.2) is 0 Å². The molecule has 18 heavy (non-hydrogen) atoms. The predicted molar refractivity (Wildman–Crippen MR) is 72.8 cm³/mol. The summed E-state index contributed by atoms with van der Waals surface area (Å²) < 4.78 is 5.43. The fraction of sp³-hybridized carbons (Fsp3) is 0.500. The molecule has 0 aliphatic rings. The molecule has 0 spiro atoms. The Morgan fingerprint density at radius 2 is 2.06 bits per heavy atom. The van der Waals surface area contributed by atoms with Gasteiger partial charge in [-0.3, -0.25) is 4.79 Å². The normalized spacial score (nSPS) is 11.1. The Balaban J connectivity index is 2.72. The number of benzene rings is 1. The van der Waals surface area contributed by atoms with Gasteiger partial charge in [0.2, 0.25) is 0 Å². The Labute approximate surface area is 109 Å². The zero-order valence-corrected chi connectivity index (χ0v) is 11.3. The van der Waals surface area contributed by atoms with Crippen LogP contribution in [0.3, 0.4) is 0 Å². The first-order chi connectivity index (χ1) is 8.50. The molecular formula is C14H22N2O2. The van der Waals surface area contributed by atoms with Gasteiger partial charge in [0.25, 0.3) is 5.91 Å². The van der Waals surface area contributed by atoms with Crippen molar-refractivity contribution in [3.8, 4) is 5.75 Å². The molecule has 3 N–H and O–H groups in total. The minimum Gasteiger partial charge on any atom is -0.493 e. The molecule has 0 aliphatic heterocycles. The van der Waals surface area contributed by atoms with Crippen LogP contribution in [0.4, 0.5) is 0 Å². The average molecular weight is 250 g/mol. The number of para-hydroxylation sites is 1. The van der Waals surface area contributed by atoms with Crippen LogP contribution in [0.2, 0.25) is 0 Å². The van der Waals surface area contributed by atoms with Crippen LogP contribution in [0, 0.1) is 5.41 Å². The molecule has 0 atom stereocenters. The van der Waals surface area contributed by atoms with Crippen molar-refractivity contribution in [2.75, 3.05) is 19.7 Å². The number of hydrogen-bond acceptors (Lipinski definition) is 3. The number of carbonyl (C=O) groups excluding carboxylic acids is 1. The monoisotopic (exact) mass is 250 g/mol. The summed E-state index contributed by atoms with van der Waals surface area (Å²) in [6, 6.07) is 7.24. The van der Waals surface area contributed by atoms with E-state index in [2.05, 4.69) is 5.32 Å². The molecule has 0 saturated heterocycles. The largest absolute Gasteiger partial charge is 0.493 e. The Bertz CT molecular complexity index is 403. The van der Waals surface area contributed by atoms with E-state index in [1.54, 1.807) is 12.1 Å². The SMILES string of the molecule is CCOc1ccccc1C(=O)NCC(C)(C)CN. The maximum absolute atomic E-state index is 12.1. The maximum Gasteiger partial charge on any atom is 0.255 e. The van der Waals surface area contributed by atoms with Gasteiger partial charge in [-0.05, 0) is 31.0 Å². The second-order valence-electron chi connectivity index (χ2n) is 4.98. The van der Waals surface area contributed by atoms with Crippen molar-refractivity contribution in [1.82, 2.24) is 5.32 Å². The molecule has 0 saturated carbocycles. The Kier molecular flexibility index (Phi) is 5.16. The molecule has 100 valence electrons. The lowest BCUT2D eigenvalue weighted by atomic mass is 9.94. The van der Waals surface area contributed by atoms with Crippen LogP contribution in [-0.4, -0.2) is 25.6 Å². The maximum atomic E-state index is 12.1. The third kappa shape index (κ3) is 4.04. The molecule has 1 amide bonds. The van der Waals surface area contributed by atoms with Gasteiger partial charge in [-0.25, -0.2) is 0 Å². The second-order valence-corrected chi connectivity index (χ2v) is 4.98. The fourth-order valence-electron chi connectivity index (χ4n) is 1.42. The number of nitrogens with one attached hydrogen (secondary N) is 1. The zero-order chi connectivity index (χ0) is 13.6. The van der Waals surface area contributed by atoms with Gasteiger partial charge in [-0.1, -0.05) is 26.0 Å². The van der Waals surface area contributed by atoms with E-state index >= 15 is 0 Å². The van der Waals surface area contributed by atoms with E-state index in [0.29, 0.717) is 31.0 Å². The van der Waals surface area contributed by atoms with Crippen LogP contribution >= 0.6 is 0 Å². The highest BCUT2D eigenvalue weighted by atomic mass is 16.5. The number of rotatable bonds is 6. The summed E-state index contributed by atoms with van der Waals surface area (Å²) >= 11 is 0. The molecule has 1 aromatic rings. The van der Waals surface area contributed by atoms with Crippen LogP contribution in [0.15, 0.2) is 24.3 Å². The van der Waals surface area contributed by atoms with Gasteiger partial charge in [-0.2, -0.15) is 0 Å². The third-order valence-electron chi connectivity index (χ3n) is 2.71. The van der Waals surface area contributed by atoms with Crippen molar-refractivity contribution in [3.05, 3.63) is 29.8 Å². The molecule has 0 fully saturated rings. The van der Waals surface area contributed by atoms with Crippen molar-refractivity contribution in [2.45, 2.75) is 20.8 Å².